The lowest BCUT2D eigenvalue weighted by molar-refractivity contribution is 0.262. The van der Waals surface area contributed by atoms with Crippen LogP contribution in [0.15, 0.2) is 66.7 Å². The van der Waals surface area contributed by atoms with Gasteiger partial charge in [0.1, 0.15) is 0 Å². The van der Waals surface area contributed by atoms with E-state index in [1.807, 2.05) is 24.3 Å². The highest BCUT2D eigenvalue weighted by atomic mass is 35.5. The Kier molecular flexibility index (Phi) is 8.49. The molecule has 0 radical (unpaired) electrons. The Labute approximate surface area is 212 Å². The number of carbonyl (C=O) groups is 1. The maximum absolute atomic E-state index is 12.9. The van der Waals surface area contributed by atoms with E-state index >= 15 is 0 Å². The molecule has 4 nitrogen and oxygen atoms in total. The van der Waals surface area contributed by atoms with E-state index in [1.165, 1.54) is 32.1 Å². The first-order valence-corrected chi connectivity index (χ1v) is 12.7. The van der Waals surface area contributed by atoms with Crippen molar-refractivity contribution in [1.82, 2.24) is 5.32 Å². The molecule has 4 rings (SSSR count). The van der Waals surface area contributed by atoms with Gasteiger partial charge in [-0.15, -0.1) is 0 Å². The summed E-state index contributed by atoms with van der Waals surface area (Å²) in [6, 6.07) is 21.5. The molecule has 3 aromatic carbocycles. The minimum absolute atomic E-state index is 0.387. The number of hydrogen-bond acceptors (Lipinski definition) is 2. The van der Waals surface area contributed by atoms with Gasteiger partial charge in [-0.05, 0) is 60.6 Å². The highest BCUT2D eigenvalue weighted by molar-refractivity contribution is 6.39. The van der Waals surface area contributed by atoms with E-state index in [9.17, 15) is 4.79 Å². The minimum atomic E-state index is -0.387. The second-order valence-electron chi connectivity index (χ2n) is 8.98. The van der Waals surface area contributed by atoms with Crippen LogP contribution >= 0.6 is 23.2 Å². The van der Waals surface area contributed by atoms with Crippen LogP contribution in [0, 0.1) is 5.92 Å². The van der Waals surface area contributed by atoms with Crippen molar-refractivity contribution in [3.05, 3.63) is 82.3 Å². The smallest absolute Gasteiger partial charge is 0.310 e. The predicted octanol–water partition coefficient (Wildman–Crippen LogP) is 8.36. The summed E-state index contributed by atoms with van der Waals surface area (Å²) in [5.41, 5.74) is 4.31. The fraction of sp³-hybridized carbons (Fsp3) is 0.321. The summed E-state index contributed by atoms with van der Waals surface area (Å²) in [4.78, 5) is 12.9. The lowest BCUT2D eigenvalue weighted by Crippen LogP contribution is -2.34. The van der Waals surface area contributed by atoms with Gasteiger partial charge < -0.3 is 16.0 Å². The molecule has 1 unspecified atom stereocenters. The van der Waals surface area contributed by atoms with E-state index in [0.29, 0.717) is 34.2 Å². The van der Waals surface area contributed by atoms with Crippen LogP contribution in [-0.2, 0) is 6.54 Å². The molecule has 0 spiro atoms. The number of carbonyl (C=O) groups excluding carboxylic acids is 1. The van der Waals surface area contributed by atoms with E-state index in [-0.39, 0.29) is 6.03 Å². The van der Waals surface area contributed by atoms with Crippen LogP contribution in [0.2, 0.25) is 10.0 Å². The van der Waals surface area contributed by atoms with E-state index in [0.717, 1.165) is 22.4 Å². The van der Waals surface area contributed by atoms with Gasteiger partial charge in [-0.1, -0.05) is 91.0 Å². The van der Waals surface area contributed by atoms with Crippen molar-refractivity contribution in [2.24, 2.45) is 5.92 Å². The second kappa shape index (κ2) is 11.7. The molecular weight excluding hydrogens is 465 g/mol. The van der Waals surface area contributed by atoms with E-state index < -0.39 is 0 Å². The maximum atomic E-state index is 12.9. The molecule has 0 heterocycles. The molecule has 1 aliphatic carbocycles. The van der Waals surface area contributed by atoms with Crippen LogP contribution in [0.1, 0.15) is 44.6 Å². The van der Waals surface area contributed by atoms with Gasteiger partial charge in [-0.3, -0.25) is 0 Å². The summed E-state index contributed by atoms with van der Waals surface area (Å²) in [5, 5.41) is 10.3. The first-order valence-electron chi connectivity index (χ1n) is 11.9. The van der Waals surface area contributed by atoms with Crippen molar-refractivity contribution in [3.63, 3.8) is 0 Å². The van der Waals surface area contributed by atoms with Gasteiger partial charge >= 0.3 is 6.03 Å². The molecule has 3 aromatic rings. The summed E-state index contributed by atoms with van der Waals surface area (Å²) >= 11 is 12.5. The van der Waals surface area contributed by atoms with Crippen molar-refractivity contribution in [3.8, 4) is 11.1 Å². The van der Waals surface area contributed by atoms with Crippen LogP contribution in [0.5, 0.6) is 0 Å². The van der Waals surface area contributed by atoms with Crippen molar-refractivity contribution in [1.29, 1.82) is 0 Å². The molecule has 1 atom stereocenters. The first kappa shape index (κ1) is 24.6. The van der Waals surface area contributed by atoms with E-state index in [2.05, 4.69) is 47.1 Å². The predicted molar refractivity (Wildman–Crippen MR) is 144 cm³/mol. The molecule has 0 aromatic heterocycles. The second-order valence-corrected chi connectivity index (χ2v) is 9.80. The molecule has 6 heteroatoms. The highest BCUT2D eigenvalue weighted by Gasteiger charge is 2.20. The number of urea groups is 1. The van der Waals surface area contributed by atoms with Gasteiger partial charge in [-0.25, -0.2) is 4.79 Å². The summed E-state index contributed by atoms with van der Waals surface area (Å²) in [7, 11) is 0. The highest BCUT2D eigenvalue weighted by Crippen LogP contribution is 2.31. The Morgan fingerprint density at radius 1 is 0.882 bits per heavy atom. The molecule has 1 saturated carbocycles. The third-order valence-electron chi connectivity index (χ3n) is 6.64. The van der Waals surface area contributed by atoms with E-state index in [4.69, 9.17) is 23.2 Å². The third kappa shape index (κ3) is 6.32. The van der Waals surface area contributed by atoms with Crippen LogP contribution < -0.4 is 16.0 Å². The normalized spacial score (nSPS) is 15.0. The average molecular weight is 496 g/mol. The number of anilines is 2. The molecule has 34 heavy (non-hydrogen) atoms. The average Bonchev–Trinajstić information content (AvgIpc) is 2.86. The monoisotopic (exact) mass is 495 g/mol. The molecule has 178 valence electrons. The number of para-hydroxylation sites is 1. The Morgan fingerprint density at radius 3 is 2.29 bits per heavy atom. The Hall–Kier alpha value is -2.53. The standard InChI is InChI=1S/C28H31Cl2N3O/c1-19(20-9-4-2-5-10-20)31-18-23-16-15-22(21-11-6-3-7-12-21)17-26(23)32-28(34)33-27-24(29)13-8-14-25(27)30/h3,6-8,11-17,19-20,31H,2,4-5,9-10,18H2,1H3,(H2,32,33,34). The summed E-state index contributed by atoms with van der Waals surface area (Å²) < 4.78 is 0. The molecule has 0 bridgehead atoms. The fourth-order valence-electron chi connectivity index (χ4n) is 4.61. The minimum Gasteiger partial charge on any atom is -0.310 e. The van der Waals surface area contributed by atoms with Crippen LogP contribution in [0.25, 0.3) is 11.1 Å². The molecule has 0 saturated heterocycles. The lowest BCUT2D eigenvalue weighted by Gasteiger charge is -2.28. The van der Waals surface area contributed by atoms with E-state index in [1.54, 1.807) is 18.2 Å². The van der Waals surface area contributed by atoms with Crippen molar-refractivity contribution >= 4 is 40.6 Å². The maximum Gasteiger partial charge on any atom is 0.323 e. The van der Waals surface area contributed by atoms with Crippen molar-refractivity contribution in [2.45, 2.75) is 51.6 Å². The number of halogens is 2. The fourth-order valence-corrected chi connectivity index (χ4v) is 5.11. The van der Waals surface area contributed by atoms with Gasteiger partial charge in [0.2, 0.25) is 0 Å². The first-order chi connectivity index (χ1) is 16.5. The number of benzene rings is 3. The van der Waals surface area contributed by atoms with Crippen molar-refractivity contribution in [2.75, 3.05) is 10.6 Å². The van der Waals surface area contributed by atoms with Gasteiger partial charge in [0.15, 0.2) is 0 Å². The number of nitrogens with one attached hydrogen (secondary N) is 3. The zero-order chi connectivity index (χ0) is 23.9. The van der Waals surface area contributed by atoms with Crippen LogP contribution in [0.4, 0.5) is 16.2 Å². The SMILES string of the molecule is CC(NCc1ccc(-c2ccccc2)cc1NC(=O)Nc1c(Cl)cccc1Cl)C1CCCCC1. The molecule has 3 N–H and O–H groups in total. The van der Waals surface area contributed by atoms with Crippen molar-refractivity contribution < 1.29 is 4.79 Å². The summed E-state index contributed by atoms with van der Waals surface area (Å²) in [6.45, 7) is 2.95. The Bertz CT molecular complexity index is 1090. The molecular formula is C28H31Cl2N3O. The molecule has 0 aliphatic heterocycles. The lowest BCUT2D eigenvalue weighted by atomic mass is 9.84. The zero-order valence-corrected chi connectivity index (χ0v) is 20.9. The molecule has 1 aliphatic rings. The van der Waals surface area contributed by atoms with Gasteiger partial charge in [0, 0.05) is 18.3 Å². The number of amides is 2. The number of hydrogen-bond donors (Lipinski definition) is 3. The Balaban J connectivity index is 1.53. The van der Waals surface area contributed by atoms with Gasteiger partial charge in [-0.2, -0.15) is 0 Å². The largest absolute Gasteiger partial charge is 0.323 e. The van der Waals surface area contributed by atoms with Gasteiger partial charge in [0.05, 0.1) is 15.7 Å². The molecule has 2 amide bonds. The summed E-state index contributed by atoms with van der Waals surface area (Å²) in [6.07, 6.45) is 6.56. The zero-order valence-electron chi connectivity index (χ0n) is 19.4. The molecule has 1 fully saturated rings. The summed E-state index contributed by atoms with van der Waals surface area (Å²) in [5.74, 6) is 0.708. The Morgan fingerprint density at radius 2 is 1.59 bits per heavy atom. The topological polar surface area (TPSA) is 53.2 Å². The van der Waals surface area contributed by atoms with Crippen LogP contribution in [0.3, 0.4) is 0 Å². The van der Waals surface area contributed by atoms with Gasteiger partial charge in [0.25, 0.3) is 0 Å². The number of rotatable bonds is 7. The van der Waals surface area contributed by atoms with Crippen LogP contribution in [-0.4, -0.2) is 12.1 Å². The third-order valence-corrected chi connectivity index (χ3v) is 7.27. The quantitative estimate of drug-likeness (QED) is 0.308.